The van der Waals surface area contributed by atoms with E-state index in [4.69, 9.17) is 0 Å². The third-order valence-electron chi connectivity index (χ3n) is 7.23. The average Bonchev–Trinajstić information content (AvgIpc) is 2.91. The van der Waals surface area contributed by atoms with E-state index in [9.17, 15) is 0 Å². The molecule has 0 spiro atoms. The van der Waals surface area contributed by atoms with Crippen LogP contribution in [0.4, 0.5) is 5.69 Å². The molecule has 0 aliphatic rings. The maximum atomic E-state index is 4.10. The van der Waals surface area contributed by atoms with Gasteiger partial charge in [0.05, 0.1) is 0 Å². The standard InChI is InChI=1S/C34H54N2/c1-3-5-7-9-11-13-15-17-30-36(31-18-16-14-12-10-8-6-4-2)34-24-22-32(23-25-34)20-19-21-33-26-28-35-29-27-33/h19-20,22-29H,3-18,21,30-31H2,1-2H3. The van der Waals surface area contributed by atoms with Crippen molar-refractivity contribution < 1.29 is 0 Å². The zero-order valence-electron chi connectivity index (χ0n) is 23.6. The minimum atomic E-state index is 0.952. The molecule has 0 bridgehead atoms. The Morgan fingerprint density at radius 1 is 0.583 bits per heavy atom. The van der Waals surface area contributed by atoms with Crippen LogP contribution in [0.5, 0.6) is 0 Å². The first-order chi connectivity index (χ1) is 17.8. The average molecular weight is 491 g/mol. The van der Waals surface area contributed by atoms with E-state index in [-0.39, 0.29) is 0 Å². The van der Waals surface area contributed by atoms with E-state index in [0.29, 0.717) is 0 Å². The zero-order chi connectivity index (χ0) is 25.5. The van der Waals surface area contributed by atoms with Crippen LogP contribution in [0.2, 0.25) is 0 Å². The summed E-state index contributed by atoms with van der Waals surface area (Å²) in [6.45, 7) is 6.99. The number of benzene rings is 1. The first-order valence-corrected chi connectivity index (χ1v) is 15.2. The van der Waals surface area contributed by atoms with Crippen LogP contribution in [0.25, 0.3) is 6.08 Å². The van der Waals surface area contributed by atoms with Crippen LogP contribution in [-0.4, -0.2) is 18.1 Å². The Morgan fingerprint density at radius 3 is 1.56 bits per heavy atom. The van der Waals surface area contributed by atoms with Crippen LogP contribution < -0.4 is 4.90 Å². The van der Waals surface area contributed by atoms with Crippen LogP contribution >= 0.6 is 0 Å². The lowest BCUT2D eigenvalue weighted by Gasteiger charge is -2.25. The predicted molar refractivity (Wildman–Crippen MR) is 161 cm³/mol. The Bertz CT molecular complexity index is 746. The van der Waals surface area contributed by atoms with Crippen molar-refractivity contribution in [2.75, 3.05) is 18.0 Å². The molecule has 1 aromatic carbocycles. The second kappa shape index (κ2) is 21.0. The van der Waals surface area contributed by atoms with Gasteiger partial charge in [-0.1, -0.05) is 128 Å². The summed E-state index contributed by atoms with van der Waals surface area (Å²) in [6, 6.07) is 13.4. The van der Waals surface area contributed by atoms with Gasteiger partial charge in [-0.2, -0.15) is 0 Å². The third-order valence-corrected chi connectivity index (χ3v) is 7.23. The quantitative estimate of drug-likeness (QED) is 0.153. The fourth-order valence-corrected chi connectivity index (χ4v) is 4.89. The van der Waals surface area contributed by atoms with E-state index in [0.717, 1.165) is 6.42 Å². The molecule has 0 fully saturated rings. The maximum absolute atomic E-state index is 4.10. The summed E-state index contributed by atoms with van der Waals surface area (Å²) in [7, 11) is 0. The lowest BCUT2D eigenvalue weighted by atomic mass is 10.1. The first-order valence-electron chi connectivity index (χ1n) is 15.2. The van der Waals surface area contributed by atoms with E-state index in [1.54, 1.807) is 0 Å². The number of pyridine rings is 1. The van der Waals surface area contributed by atoms with Crippen molar-refractivity contribution in [3.63, 3.8) is 0 Å². The molecular weight excluding hydrogens is 436 g/mol. The summed E-state index contributed by atoms with van der Waals surface area (Å²) in [5.74, 6) is 0. The largest absolute Gasteiger partial charge is 0.372 e. The molecule has 200 valence electrons. The van der Waals surface area contributed by atoms with Crippen molar-refractivity contribution in [2.24, 2.45) is 0 Å². The molecule has 0 saturated heterocycles. The van der Waals surface area contributed by atoms with Gasteiger partial charge in [0.1, 0.15) is 0 Å². The van der Waals surface area contributed by atoms with E-state index in [1.807, 2.05) is 12.4 Å². The summed E-state index contributed by atoms with van der Waals surface area (Å²) in [5.41, 5.74) is 3.99. The number of hydrogen-bond acceptors (Lipinski definition) is 2. The highest BCUT2D eigenvalue weighted by molar-refractivity contribution is 5.56. The van der Waals surface area contributed by atoms with Crippen molar-refractivity contribution in [1.82, 2.24) is 4.98 Å². The Balaban J connectivity index is 1.79. The lowest BCUT2D eigenvalue weighted by Crippen LogP contribution is -2.25. The molecule has 0 aliphatic carbocycles. The van der Waals surface area contributed by atoms with Crippen molar-refractivity contribution in [2.45, 2.75) is 123 Å². The highest BCUT2D eigenvalue weighted by atomic mass is 15.1. The fraction of sp³-hybridized carbons (Fsp3) is 0.618. The van der Waals surface area contributed by atoms with Gasteiger partial charge in [0.2, 0.25) is 0 Å². The topological polar surface area (TPSA) is 16.1 Å². The molecule has 1 heterocycles. The number of nitrogens with zero attached hydrogens (tertiary/aromatic N) is 2. The van der Waals surface area contributed by atoms with E-state index < -0.39 is 0 Å². The van der Waals surface area contributed by atoms with Gasteiger partial charge in [0, 0.05) is 31.2 Å². The van der Waals surface area contributed by atoms with Gasteiger partial charge in [0.25, 0.3) is 0 Å². The Hall–Kier alpha value is -2.09. The lowest BCUT2D eigenvalue weighted by molar-refractivity contribution is 0.555. The van der Waals surface area contributed by atoms with Crippen molar-refractivity contribution in [1.29, 1.82) is 0 Å². The summed E-state index contributed by atoms with van der Waals surface area (Å²) < 4.78 is 0. The molecule has 0 amide bonds. The second-order valence-corrected chi connectivity index (χ2v) is 10.5. The number of hydrogen-bond donors (Lipinski definition) is 0. The minimum Gasteiger partial charge on any atom is -0.372 e. The molecule has 1 aromatic heterocycles. The number of aromatic nitrogens is 1. The van der Waals surface area contributed by atoms with Crippen LogP contribution in [0.1, 0.15) is 128 Å². The van der Waals surface area contributed by atoms with E-state index >= 15 is 0 Å². The molecule has 2 nitrogen and oxygen atoms in total. The van der Waals surface area contributed by atoms with Crippen LogP contribution in [0, 0.1) is 0 Å². The minimum absolute atomic E-state index is 0.952. The molecule has 2 heteroatoms. The normalized spacial score (nSPS) is 11.4. The monoisotopic (exact) mass is 490 g/mol. The number of anilines is 1. The van der Waals surface area contributed by atoms with Gasteiger partial charge >= 0.3 is 0 Å². The van der Waals surface area contributed by atoms with Crippen molar-refractivity contribution in [3.8, 4) is 0 Å². The molecule has 0 saturated carbocycles. The molecule has 0 aliphatic heterocycles. The van der Waals surface area contributed by atoms with E-state index in [1.165, 1.54) is 133 Å². The predicted octanol–water partition coefficient (Wildman–Crippen LogP) is 10.4. The molecule has 0 radical (unpaired) electrons. The summed E-state index contributed by atoms with van der Waals surface area (Å²) in [5, 5.41) is 0. The SMILES string of the molecule is CCCCCCCCCCN(CCCCCCCCCC)c1ccc(C=CCc2ccncc2)cc1. The number of rotatable bonds is 22. The Labute approximate surface area is 223 Å². The molecule has 2 aromatic rings. The Morgan fingerprint density at radius 2 is 1.06 bits per heavy atom. The number of unbranched alkanes of at least 4 members (excludes halogenated alkanes) is 14. The van der Waals surface area contributed by atoms with Gasteiger partial charge in [-0.3, -0.25) is 4.98 Å². The molecule has 0 N–H and O–H groups in total. The zero-order valence-corrected chi connectivity index (χ0v) is 23.6. The van der Waals surface area contributed by atoms with Gasteiger partial charge < -0.3 is 4.90 Å². The molecular formula is C34H54N2. The van der Waals surface area contributed by atoms with Crippen LogP contribution in [-0.2, 0) is 6.42 Å². The molecule has 36 heavy (non-hydrogen) atoms. The first kappa shape index (κ1) is 30.1. The van der Waals surface area contributed by atoms with Crippen molar-refractivity contribution in [3.05, 3.63) is 66.0 Å². The highest BCUT2D eigenvalue weighted by Gasteiger charge is 2.06. The van der Waals surface area contributed by atoms with Gasteiger partial charge in [-0.15, -0.1) is 0 Å². The summed E-state index contributed by atoms with van der Waals surface area (Å²) in [4.78, 5) is 6.75. The van der Waals surface area contributed by atoms with Gasteiger partial charge in [-0.25, -0.2) is 0 Å². The molecule has 0 atom stereocenters. The van der Waals surface area contributed by atoms with Crippen LogP contribution in [0.15, 0.2) is 54.9 Å². The highest BCUT2D eigenvalue weighted by Crippen LogP contribution is 2.19. The smallest absolute Gasteiger partial charge is 0.0366 e. The second-order valence-electron chi connectivity index (χ2n) is 10.5. The Kier molecular flexibility index (Phi) is 17.6. The number of allylic oxidation sites excluding steroid dienone is 1. The van der Waals surface area contributed by atoms with Gasteiger partial charge in [-0.05, 0) is 54.7 Å². The fourth-order valence-electron chi connectivity index (χ4n) is 4.89. The van der Waals surface area contributed by atoms with E-state index in [2.05, 4.69) is 72.3 Å². The summed E-state index contributed by atoms with van der Waals surface area (Å²) in [6.07, 6.45) is 31.4. The maximum Gasteiger partial charge on any atom is 0.0366 e. The summed E-state index contributed by atoms with van der Waals surface area (Å²) >= 11 is 0. The molecule has 0 unspecified atom stereocenters. The third kappa shape index (κ3) is 14.5. The van der Waals surface area contributed by atoms with Gasteiger partial charge in [0.15, 0.2) is 0 Å². The van der Waals surface area contributed by atoms with Crippen LogP contribution in [0.3, 0.4) is 0 Å². The molecule has 2 rings (SSSR count). The van der Waals surface area contributed by atoms with Crippen molar-refractivity contribution >= 4 is 11.8 Å².